The Labute approximate surface area is 366 Å². The van der Waals surface area contributed by atoms with Crippen molar-refractivity contribution in [3.8, 4) is 0 Å². The molecule has 5 aliphatic carbocycles. The Bertz CT molecular complexity index is 2230. The van der Waals surface area contributed by atoms with Gasteiger partial charge >= 0.3 is 344 Å². The molecule has 0 saturated heterocycles. The third-order valence-corrected chi connectivity index (χ3v) is 47.7. The van der Waals surface area contributed by atoms with Gasteiger partial charge in [0.2, 0.25) is 0 Å². The molecule has 0 amide bonds. The topological polar surface area (TPSA) is 0 Å². The van der Waals surface area contributed by atoms with E-state index in [2.05, 4.69) is 172 Å². The average Bonchev–Trinajstić information content (AvgIpc) is 3.88. The van der Waals surface area contributed by atoms with Crippen LogP contribution >= 0.6 is 24.8 Å². The average molecular weight is 983 g/mol. The molecule has 1 saturated carbocycles. The van der Waals surface area contributed by atoms with Crippen LogP contribution in [0.4, 0.5) is 0 Å². The molecule has 3 heteroatoms. The SMILES string of the molecule is Cl.Cl.[CH2]=[Hf]([C]1=CC=CC1)([c]1ccc(CCCC)cc1)([c]1ccc(CCCC)cc1)[C]1(C)C2=C3Cc4ccccc4C3=C3C=CCCC3C2(C)C(C)(C)C(C)(C)C1(C)C. The Morgan fingerprint density at radius 2 is 1.26 bits per heavy atom. The molecule has 3 unspecified atom stereocenters. The first-order chi connectivity index (χ1) is 26.6. The van der Waals surface area contributed by atoms with Crippen LogP contribution in [0.5, 0.6) is 0 Å². The van der Waals surface area contributed by atoms with Gasteiger partial charge in [-0.1, -0.05) is 0 Å². The number of allylic oxidation sites excluding steroid dienone is 10. The molecule has 0 N–H and O–H groups in total. The number of benzene rings is 3. The van der Waals surface area contributed by atoms with Gasteiger partial charge in [-0.3, -0.25) is 0 Å². The summed E-state index contributed by atoms with van der Waals surface area (Å²) in [5, 5.41) is 0. The van der Waals surface area contributed by atoms with E-state index in [-0.39, 0.29) is 49.6 Å². The van der Waals surface area contributed by atoms with Crippen molar-refractivity contribution in [3.05, 3.63) is 145 Å². The number of aryl methyl sites for hydroxylation is 2. The first-order valence-electron chi connectivity index (χ1n) is 22.4. The van der Waals surface area contributed by atoms with Gasteiger partial charge in [-0.25, -0.2) is 0 Å². The van der Waals surface area contributed by atoms with Gasteiger partial charge in [0.15, 0.2) is 0 Å². The predicted molar refractivity (Wildman–Crippen MR) is 257 cm³/mol. The van der Waals surface area contributed by atoms with Crippen molar-refractivity contribution in [3.63, 3.8) is 0 Å². The number of unbranched alkanes of at least 4 members (excludes halogenated alkanes) is 2. The molecule has 5 aliphatic rings. The summed E-state index contributed by atoms with van der Waals surface area (Å²) in [4.78, 5) is 0. The van der Waals surface area contributed by atoms with E-state index in [1.165, 1.54) is 54.4 Å². The van der Waals surface area contributed by atoms with Crippen LogP contribution in [0.15, 0.2) is 123 Å². The minimum atomic E-state index is -5.41. The van der Waals surface area contributed by atoms with Crippen molar-refractivity contribution in [2.24, 2.45) is 27.6 Å². The number of hydrogen-bond acceptors (Lipinski definition) is 0. The van der Waals surface area contributed by atoms with E-state index in [0.29, 0.717) is 5.92 Å². The van der Waals surface area contributed by atoms with Crippen molar-refractivity contribution in [1.29, 1.82) is 0 Å². The number of halogens is 2. The van der Waals surface area contributed by atoms with Crippen LogP contribution in [0.25, 0.3) is 5.57 Å². The fourth-order valence-electron chi connectivity index (χ4n) is 14.0. The Kier molecular flexibility index (Phi) is 12.1. The molecule has 3 aromatic rings. The summed E-state index contributed by atoms with van der Waals surface area (Å²) in [6.45, 7) is 26.3. The van der Waals surface area contributed by atoms with E-state index in [1.807, 2.05) is 0 Å². The molecule has 3 aromatic carbocycles. The van der Waals surface area contributed by atoms with Gasteiger partial charge in [0, 0.05) is 0 Å². The molecule has 310 valence electrons. The molecule has 0 nitrogen and oxygen atoms in total. The number of fused-ring (bicyclic) bond motifs is 6. The summed E-state index contributed by atoms with van der Waals surface area (Å²) >= 11 is -5.41. The summed E-state index contributed by atoms with van der Waals surface area (Å²) in [7, 11) is 0. The van der Waals surface area contributed by atoms with E-state index in [4.69, 9.17) is 4.26 Å². The van der Waals surface area contributed by atoms with Crippen LogP contribution < -0.4 is 6.64 Å². The summed E-state index contributed by atoms with van der Waals surface area (Å²) < 4.78 is 10.7. The molecule has 8 rings (SSSR count). The fourth-order valence-corrected chi connectivity index (χ4v) is 44.1. The standard InChI is InChI=1S/C29H37.2C10H13.C5H5.CH2.2ClH.Hf/c1-18-25-22-17-19-13-9-10-14-20(19)24(22)21-15-11-12-16-23(21)29(25,8)28(6,7)27(4,5)26(18,2)3;2*1-2-3-7-10-8-5-4-6-9-10;1-2-4-5-3-1;;;;/h9-11,13-15,23H,12,16-17H2,1-8H3;2*5-6,8-9H,2-3,7H2,1H3;1-3H,4H2;1H2;2*1H;. The van der Waals surface area contributed by atoms with Gasteiger partial charge < -0.3 is 0 Å². The van der Waals surface area contributed by atoms with Crippen molar-refractivity contribution in [1.82, 2.24) is 0 Å². The molecule has 0 aromatic heterocycles. The maximum atomic E-state index is 6.25. The molecule has 1 fully saturated rings. The summed E-state index contributed by atoms with van der Waals surface area (Å²) in [6, 6.07) is 30.0. The summed E-state index contributed by atoms with van der Waals surface area (Å²) in [5.41, 5.74) is 12.2. The second kappa shape index (κ2) is 15.5. The van der Waals surface area contributed by atoms with E-state index < -0.39 is 18.0 Å². The number of rotatable bonds is 10. The third kappa shape index (κ3) is 5.49. The molecule has 3 atom stereocenters. The zero-order chi connectivity index (χ0) is 40.0. The monoisotopic (exact) mass is 982 g/mol. The van der Waals surface area contributed by atoms with Gasteiger partial charge in [0.1, 0.15) is 0 Å². The molecule has 58 heavy (non-hydrogen) atoms. The predicted octanol–water partition coefficient (Wildman–Crippen LogP) is 14.7. The normalized spacial score (nSPS) is 26.2. The van der Waals surface area contributed by atoms with E-state index >= 15 is 0 Å². The second-order valence-corrected chi connectivity index (χ2v) is 41.2. The quantitative estimate of drug-likeness (QED) is 0.178. The van der Waals surface area contributed by atoms with Crippen LogP contribution in [-0.2, 0) is 37.3 Å². The maximum absolute atomic E-state index is 6.25. The zero-order valence-electron chi connectivity index (χ0n) is 37.5. The molecule has 0 bridgehead atoms. The van der Waals surface area contributed by atoms with Crippen LogP contribution in [0.2, 0.25) is 3.17 Å². The Balaban J connectivity index is 0.00000283. The minimum absolute atomic E-state index is 0. The molecule has 0 heterocycles. The van der Waals surface area contributed by atoms with Crippen LogP contribution in [0.3, 0.4) is 0 Å². The molecule has 0 spiro atoms. The van der Waals surface area contributed by atoms with E-state index in [1.54, 1.807) is 32.3 Å². The molecular weight excluding hydrogens is 910 g/mol. The van der Waals surface area contributed by atoms with Gasteiger partial charge in [0.25, 0.3) is 0 Å². The number of hydrogen-bond donors (Lipinski definition) is 0. The van der Waals surface area contributed by atoms with Gasteiger partial charge in [0.05, 0.1) is 0 Å². The van der Waals surface area contributed by atoms with E-state index in [9.17, 15) is 0 Å². The Hall–Kier alpha value is -2.32. The van der Waals surface area contributed by atoms with Crippen LogP contribution in [0, 0.1) is 27.6 Å². The first-order valence-corrected chi connectivity index (χ1v) is 32.1. The van der Waals surface area contributed by atoms with Gasteiger partial charge in [-0.15, -0.1) is 24.8 Å². The van der Waals surface area contributed by atoms with Crippen molar-refractivity contribution in [2.75, 3.05) is 0 Å². The Morgan fingerprint density at radius 3 is 1.79 bits per heavy atom. The van der Waals surface area contributed by atoms with Crippen LogP contribution in [-0.4, -0.2) is 4.26 Å². The first kappa shape index (κ1) is 45.2. The summed E-state index contributed by atoms with van der Waals surface area (Å²) in [6.07, 6.45) is 24.0. The zero-order valence-corrected chi connectivity index (χ0v) is 42.7. The molecular formula is C55H72Cl2Hf. The van der Waals surface area contributed by atoms with Crippen molar-refractivity contribution < 1.29 is 18.0 Å². The summed E-state index contributed by atoms with van der Waals surface area (Å²) in [5.74, 6) is 0.440. The second-order valence-electron chi connectivity index (χ2n) is 20.6. The van der Waals surface area contributed by atoms with Crippen molar-refractivity contribution >= 4 is 41.3 Å². The van der Waals surface area contributed by atoms with Gasteiger partial charge in [-0.05, 0) is 0 Å². The van der Waals surface area contributed by atoms with E-state index in [0.717, 1.165) is 32.1 Å². The molecule has 0 radical (unpaired) electrons. The third-order valence-electron chi connectivity index (χ3n) is 18.6. The van der Waals surface area contributed by atoms with Gasteiger partial charge in [-0.2, -0.15) is 0 Å². The van der Waals surface area contributed by atoms with Crippen molar-refractivity contribution in [2.45, 2.75) is 137 Å². The Morgan fingerprint density at radius 1 is 0.690 bits per heavy atom. The molecule has 0 aliphatic heterocycles. The fraction of sp³-hybridized carbons (Fsp3) is 0.473. The van der Waals surface area contributed by atoms with Crippen LogP contribution in [0.1, 0.15) is 136 Å².